The second-order valence-electron chi connectivity index (χ2n) is 3.43. The molecule has 1 aromatic rings. The molecule has 0 unspecified atom stereocenters. The van der Waals surface area contributed by atoms with Gasteiger partial charge in [-0.1, -0.05) is 5.21 Å². The van der Waals surface area contributed by atoms with Crippen molar-refractivity contribution in [3.8, 4) is 0 Å². The fraction of sp³-hybridized carbons (Fsp3) is 0.667. The molecule has 0 saturated heterocycles. The predicted molar refractivity (Wildman–Crippen MR) is 54.4 cm³/mol. The number of nitrogens with zero attached hydrogens (tertiary/aromatic N) is 3. The number of methoxy groups -OCH3 is 1. The molecule has 0 bridgehead atoms. The summed E-state index contributed by atoms with van der Waals surface area (Å²) in [6.45, 7) is 0.701. The predicted octanol–water partition coefficient (Wildman–Crippen LogP) is 0.280. The van der Waals surface area contributed by atoms with Crippen LogP contribution in [0.4, 0.5) is 8.78 Å². The van der Waals surface area contributed by atoms with Crippen molar-refractivity contribution in [1.82, 2.24) is 15.0 Å². The molecule has 1 amide bonds. The van der Waals surface area contributed by atoms with E-state index in [0.29, 0.717) is 13.0 Å². The molecule has 0 aliphatic carbocycles. The number of alkyl halides is 2. The summed E-state index contributed by atoms with van der Waals surface area (Å²) in [6.07, 6.45) is -2.53. The zero-order valence-corrected chi connectivity index (χ0v) is 9.40. The molecule has 17 heavy (non-hydrogen) atoms. The van der Waals surface area contributed by atoms with Crippen LogP contribution in [0, 0.1) is 0 Å². The van der Waals surface area contributed by atoms with Gasteiger partial charge in [-0.15, -0.1) is 5.10 Å². The highest BCUT2D eigenvalue weighted by Gasteiger charge is 2.22. The molecule has 1 rings (SSSR count). The van der Waals surface area contributed by atoms with E-state index in [4.69, 9.17) is 10.5 Å². The highest BCUT2D eigenvalue weighted by atomic mass is 19.3. The zero-order valence-electron chi connectivity index (χ0n) is 9.40. The Morgan fingerprint density at radius 1 is 1.59 bits per heavy atom. The topological polar surface area (TPSA) is 83.0 Å². The van der Waals surface area contributed by atoms with Crippen molar-refractivity contribution >= 4 is 5.91 Å². The maximum absolute atomic E-state index is 12.8. The molecule has 0 aliphatic heterocycles. The second-order valence-corrected chi connectivity index (χ2v) is 3.43. The molecule has 0 aromatic carbocycles. The van der Waals surface area contributed by atoms with Gasteiger partial charge in [0.05, 0.1) is 6.42 Å². The smallest absolute Gasteiger partial charge is 0.281 e. The van der Waals surface area contributed by atoms with E-state index in [-0.39, 0.29) is 24.4 Å². The Labute approximate surface area is 96.7 Å². The molecule has 0 saturated carbocycles. The molecular formula is C9H14F2N4O2. The number of aromatic nitrogens is 3. The average Bonchev–Trinajstić information content (AvgIpc) is 2.60. The van der Waals surface area contributed by atoms with Crippen LogP contribution in [0.1, 0.15) is 24.2 Å². The number of ether oxygens (including phenoxy) is 1. The Kier molecular flexibility index (Phi) is 4.95. The zero-order chi connectivity index (χ0) is 12.8. The third-order valence-electron chi connectivity index (χ3n) is 2.11. The number of amides is 1. The van der Waals surface area contributed by atoms with E-state index in [1.807, 2.05) is 0 Å². The summed E-state index contributed by atoms with van der Waals surface area (Å²) in [4.78, 5) is 10.7. The van der Waals surface area contributed by atoms with E-state index in [2.05, 4.69) is 10.3 Å². The number of halogens is 2. The minimum atomic E-state index is -2.73. The van der Waals surface area contributed by atoms with Gasteiger partial charge in [0.25, 0.3) is 6.43 Å². The number of rotatable bonds is 7. The first-order chi connectivity index (χ1) is 8.06. The van der Waals surface area contributed by atoms with Crippen molar-refractivity contribution < 1.29 is 18.3 Å². The SMILES string of the molecule is COCCCn1nnc(CC(N)=O)c1C(F)F. The van der Waals surface area contributed by atoms with Crippen LogP contribution in [0.15, 0.2) is 0 Å². The quantitative estimate of drug-likeness (QED) is 0.702. The molecule has 1 heterocycles. The van der Waals surface area contributed by atoms with Gasteiger partial charge in [0.2, 0.25) is 5.91 Å². The summed E-state index contributed by atoms with van der Waals surface area (Å²) >= 11 is 0. The number of aryl methyl sites for hydroxylation is 1. The minimum Gasteiger partial charge on any atom is -0.385 e. The normalized spacial score (nSPS) is 11.1. The molecule has 1 aromatic heterocycles. The fourth-order valence-corrected chi connectivity index (χ4v) is 1.41. The summed E-state index contributed by atoms with van der Waals surface area (Å²) in [5, 5.41) is 7.13. The molecular weight excluding hydrogens is 234 g/mol. The first-order valence-corrected chi connectivity index (χ1v) is 5.04. The van der Waals surface area contributed by atoms with Gasteiger partial charge in [0.15, 0.2) is 0 Å². The Morgan fingerprint density at radius 2 is 2.29 bits per heavy atom. The lowest BCUT2D eigenvalue weighted by Crippen LogP contribution is -2.16. The van der Waals surface area contributed by atoms with Crippen LogP contribution in [-0.4, -0.2) is 34.6 Å². The van der Waals surface area contributed by atoms with Gasteiger partial charge in [-0.25, -0.2) is 13.5 Å². The first-order valence-electron chi connectivity index (χ1n) is 5.04. The van der Waals surface area contributed by atoms with E-state index in [9.17, 15) is 13.6 Å². The second kappa shape index (κ2) is 6.24. The van der Waals surface area contributed by atoms with Crippen LogP contribution in [-0.2, 0) is 22.5 Å². The molecule has 6 nitrogen and oxygen atoms in total. The van der Waals surface area contributed by atoms with Gasteiger partial charge in [0.1, 0.15) is 11.4 Å². The van der Waals surface area contributed by atoms with Crippen molar-refractivity contribution in [3.63, 3.8) is 0 Å². The monoisotopic (exact) mass is 248 g/mol. The Bertz CT molecular complexity index is 381. The Morgan fingerprint density at radius 3 is 2.82 bits per heavy atom. The van der Waals surface area contributed by atoms with Crippen molar-refractivity contribution in [2.45, 2.75) is 25.8 Å². The molecule has 8 heteroatoms. The standard InChI is InChI=1S/C9H14F2N4O2/c1-17-4-2-3-15-8(9(10)11)6(13-14-15)5-7(12)16/h9H,2-5H2,1H3,(H2,12,16). The number of nitrogens with two attached hydrogens (primary N) is 1. The number of hydrogen-bond donors (Lipinski definition) is 1. The molecule has 0 aliphatic rings. The Balaban J connectivity index is 2.82. The van der Waals surface area contributed by atoms with Crippen LogP contribution in [0.5, 0.6) is 0 Å². The lowest BCUT2D eigenvalue weighted by Gasteiger charge is -2.06. The van der Waals surface area contributed by atoms with Crippen molar-refractivity contribution in [1.29, 1.82) is 0 Å². The Hall–Kier alpha value is -1.57. The molecule has 0 spiro atoms. The molecule has 0 atom stereocenters. The van der Waals surface area contributed by atoms with Gasteiger partial charge in [-0.2, -0.15) is 0 Å². The van der Waals surface area contributed by atoms with Crippen molar-refractivity contribution in [3.05, 3.63) is 11.4 Å². The van der Waals surface area contributed by atoms with Gasteiger partial charge < -0.3 is 10.5 Å². The number of carbonyl (C=O) groups excluding carboxylic acids is 1. The molecule has 2 N–H and O–H groups in total. The van der Waals surface area contributed by atoms with Crippen LogP contribution >= 0.6 is 0 Å². The third-order valence-corrected chi connectivity index (χ3v) is 2.11. The van der Waals surface area contributed by atoms with Gasteiger partial charge in [-0.05, 0) is 6.42 Å². The summed E-state index contributed by atoms with van der Waals surface area (Å²) in [5.74, 6) is -0.712. The van der Waals surface area contributed by atoms with Gasteiger partial charge in [-0.3, -0.25) is 4.79 Å². The first kappa shape index (κ1) is 13.5. The summed E-state index contributed by atoms with van der Waals surface area (Å²) in [6, 6.07) is 0. The van der Waals surface area contributed by atoms with Crippen LogP contribution in [0.25, 0.3) is 0 Å². The van der Waals surface area contributed by atoms with E-state index < -0.39 is 12.3 Å². The third kappa shape index (κ3) is 3.74. The van der Waals surface area contributed by atoms with E-state index in [1.165, 1.54) is 7.11 Å². The van der Waals surface area contributed by atoms with Crippen LogP contribution in [0.3, 0.4) is 0 Å². The van der Waals surface area contributed by atoms with E-state index in [1.54, 1.807) is 0 Å². The summed E-state index contributed by atoms with van der Waals surface area (Å²) in [5.41, 5.74) is 4.53. The summed E-state index contributed by atoms with van der Waals surface area (Å²) in [7, 11) is 1.52. The highest BCUT2D eigenvalue weighted by Crippen LogP contribution is 2.21. The fourth-order valence-electron chi connectivity index (χ4n) is 1.41. The molecule has 0 radical (unpaired) electrons. The lowest BCUT2D eigenvalue weighted by atomic mass is 10.2. The lowest BCUT2D eigenvalue weighted by molar-refractivity contribution is -0.117. The number of carbonyl (C=O) groups is 1. The average molecular weight is 248 g/mol. The van der Waals surface area contributed by atoms with E-state index in [0.717, 1.165) is 4.68 Å². The highest BCUT2D eigenvalue weighted by molar-refractivity contribution is 5.76. The van der Waals surface area contributed by atoms with Crippen LogP contribution in [0.2, 0.25) is 0 Å². The molecule has 96 valence electrons. The number of hydrogen-bond acceptors (Lipinski definition) is 4. The van der Waals surface area contributed by atoms with Crippen molar-refractivity contribution in [2.24, 2.45) is 5.73 Å². The molecule has 0 fully saturated rings. The van der Waals surface area contributed by atoms with Crippen LogP contribution < -0.4 is 5.73 Å². The largest absolute Gasteiger partial charge is 0.385 e. The summed E-state index contributed by atoms with van der Waals surface area (Å²) < 4.78 is 31.5. The number of primary amides is 1. The minimum absolute atomic E-state index is 0.0649. The van der Waals surface area contributed by atoms with Gasteiger partial charge in [0, 0.05) is 20.3 Å². The maximum Gasteiger partial charge on any atom is 0.281 e. The van der Waals surface area contributed by atoms with Crippen molar-refractivity contribution in [2.75, 3.05) is 13.7 Å². The van der Waals surface area contributed by atoms with Gasteiger partial charge >= 0.3 is 0 Å². The maximum atomic E-state index is 12.8. The van der Waals surface area contributed by atoms with E-state index >= 15 is 0 Å².